The Kier molecular flexibility index (Phi) is 4.84. The minimum atomic E-state index is -0.271. The van der Waals surface area contributed by atoms with Crippen molar-refractivity contribution in [1.29, 1.82) is 0 Å². The molecule has 28 heavy (non-hydrogen) atoms. The summed E-state index contributed by atoms with van der Waals surface area (Å²) in [5, 5.41) is 14.2. The summed E-state index contributed by atoms with van der Waals surface area (Å²) in [7, 11) is 0. The molecule has 0 amide bonds. The van der Waals surface area contributed by atoms with Crippen LogP contribution in [-0.4, -0.2) is 21.0 Å². The van der Waals surface area contributed by atoms with E-state index in [-0.39, 0.29) is 17.9 Å². The highest BCUT2D eigenvalue weighted by Crippen LogP contribution is 2.13. The molecule has 0 radical (unpaired) electrons. The second kappa shape index (κ2) is 7.75. The van der Waals surface area contributed by atoms with Crippen molar-refractivity contribution in [2.24, 2.45) is 5.10 Å². The first kappa shape index (κ1) is 17.5. The number of benzene rings is 3. The van der Waals surface area contributed by atoms with Gasteiger partial charge in [-0.1, -0.05) is 30.3 Å². The number of para-hydroxylation sites is 2. The van der Waals surface area contributed by atoms with Crippen molar-refractivity contribution in [2.45, 2.75) is 6.61 Å². The Bertz CT molecular complexity index is 1180. The molecule has 0 aliphatic heterocycles. The lowest BCUT2D eigenvalue weighted by molar-refractivity contribution is 0.289. The van der Waals surface area contributed by atoms with E-state index in [0.717, 1.165) is 5.56 Å². The van der Waals surface area contributed by atoms with Gasteiger partial charge in [-0.3, -0.25) is 4.79 Å². The van der Waals surface area contributed by atoms with Crippen molar-refractivity contribution >= 4 is 17.1 Å². The summed E-state index contributed by atoms with van der Waals surface area (Å²) < 4.78 is 7.02. The molecule has 138 valence electrons. The van der Waals surface area contributed by atoms with E-state index >= 15 is 0 Å². The van der Waals surface area contributed by atoms with Crippen molar-refractivity contribution in [3.63, 3.8) is 0 Å². The van der Waals surface area contributed by atoms with Gasteiger partial charge in [-0.05, 0) is 54.1 Å². The van der Waals surface area contributed by atoms with E-state index in [1.165, 1.54) is 4.68 Å². The summed E-state index contributed by atoms with van der Waals surface area (Å²) in [6.07, 6.45) is 1.54. The number of aromatic hydroxyl groups is 1. The highest BCUT2D eigenvalue weighted by molar-refractivity contribution is 5.80. The number of rotatable bonds is 5. The van der Waals surface area contributed by atoms with Gasteiger partial charge in [-0.2, -0.15) is 9.78 Å². The van der Waals surface area contributed by atoms with E-state index in [0.29, 0.717) is 22.5 Å². The summed E-state index contributed by atoms with van der Waals surface area (Å²) in [4.78, 5) is 17.5. The second-order valence-electron chi connectivity index (χ2n) is 6.10. The van der Waals surface area contributed by atoms with Gasteiger partial charge in [0, 0.05) is 0 Å². The van der Waals surface area contributed by atoms with Crippen LogP contribution < -0.4 is 10.3 Å². The van der Waals surface area contributed by atoms with Crippen LogP contribution >= 0.6 is 0 Å². The molecule has 0 aliphatic carbocycles. The zero-order valence-corrected chi connectivity index (χ0v) is 14.9. The van der Waals surface area contributed by atoms with E-state index in [9.17, 15) is 9.90 Å². The van der Waals surface area contributed by atoms with Crippen molar-refractivity contribution in [1.82, 2.24) is 9.66 Å². The lowest BCUT2D eigenvalue weighted by Gasteiger charge is -2.10. The zero-order valence-electron chi connectivity index (χ0n) is 14.9. The minimum absolute atomic E-state index is 0.0943. The number of fused-ring (bicyclic) bond motifs is 1. The number of phenolic OH excluding ortho intramolecular Hbond substituents is 1. The summed E-state index contributed by atoms with van der Waals surface area (Å²) in [6, 6.07) is 23.0. The summed E-state index contributed by atoms with van der Waals surface area (Å²) in [6.45, 7) is 0.0943. The molecule has 0 bridgehead atoms. The largest absolute Gasteiger partial charge is 0.508 e. The number of nitrogens with zero attached hydrogens (tertiary/aromatic N) is 3. The lowest BCUT2D eigenvalue weighted by atomic mass is 10.2. The van der Waals surface area contributed by atoms with E-state index in [2.05, 4.69) is 10.1 Å². The average Bonchev–Trinajstić information content (AvgIpc) is 2.74. The van der Waals surface area contributed by atoms with Crippen molar-refractivity contribution < 1.29 is 9.84 Å². The quantitative estimate of drug-likeness (QED) is 0.544. The molecule has 4 rings (SSSR count). The van der Waals surface area contributed by atoms with Crippen molar-refractivity contribution in [3.8, 4) is 11.5 Å². The molecular weight excluding hydrogens is 354 g/mol. The van der Waals surface area contributed by atoms with Crippen LogP contribution in [0, 0.1) is 0 Å². The topological polar surface area (TPSA) is 76.7 Å². The number of ether oxygens (including phenoxy) is 1. The van der Waals surface area contributed by atoms with Crippen LogP contribution in [0.25, 0.3) is 10.9 Å². The maximum atomic E-state index is 12.9. The van der Waals surface area contributed by atoms with Crippen LogP contribution in [0.5, 0.6) is 11.5 Å². The third-order valence-electron chi connectivity index (χ3n) is 4.15. The highest BCUT2D eigenvalue weighted by atomic mass is 16.5. The Hall–Kier alpha value is -3.93. The molecule has 0 aliphatic rings. The predicted octanol–water partition coefficient (Wildman–Crippen LogP) is 3.56. The van der Waals surface area contributed by atoms with Crippen LogP contribution in [0.1, 0.15) is 11.4 Å². The van der Waals surface area contributed by atoms with Crippen LogP contribution in [0.3, 0.4) is 0 Å². The maximum Gasteiger partial charge on any atom is 0.282 e. The second-order valence-corrected chi connectivity index (χ2v) is 6.10. The molecule has 6 heteroatoms. The summed E-state index contributed by atoms with van der Waals surface area (Å²) >= 11 is 0. The van der Waals surface area contributed by atoms with Crippen LogP contribution in [-0.2, 0) is 6.61 Å². The minimum Gasteiger partial charge on any atom is -0.508 e. The number of hydrogen-bond acceptors (Lipinski definition) is 5. The number of phenols is 1. The van der Waals surface area contributed by atoms with Gasteiger partial charge in [0.1, 0.15) is 18.1 Å². The number of aromatic nitrogens is 2. The van der Waals surface area contributed by atoms with Crippen LogP contribution in [0.15, 0.2) is 88.8 Å². The first-order valence-corrected chi connectivity index (χ1v) is 8.72. The number of hydrogen-bond donors (Lipinski definition) is 1. The van der Waals surface area contributed by atoms with Gasteiger partial charge in [0.25, 0.3) is 5.56 Å². The normalized spacial score (nSPS) is 11.1. The Morgan fingerprint density at radius 1 is 0.964 bits per heavy atom. The highest BCUT2D eigenvalue weighted by Gasteiger charge is 2.11. The van der Waals surface area contributed by atoms with Gasteiger partial charge < -0.3 is 9.84 Å². The Labute approximate surface area is 161 Å². The van der Waals surface area contributed by atoms with Crippen molar-refractivity contribution in [2.75, 3.05) is 0 Å². The molecule has 1 aromatic heterocycles. The van der Waals surface area contributed by atoms with E-state index in [1.807, 2.05) is 36.4 Å². The van der Waals surface area contributed by atoms with Crippen LogP contribution in [0.2, 0.25) is 0 Å². The van der Waals surface area contributed by atoms with Gasteiger partial charge in [0.15, 0.2) is 5.82 Å². The fourth-order valence-electron chi connectivity index (χ4n) is 2.73. The van der Waals surface area contributed by atoms with E-state index in [4.69, 9.17) is 4.74 Å². The summed E-state index contributed by atoms with van der Waals surface area (Å²) in [5.41, 5.74) is 1.07. The molecule has 1 N–H and O–H groups in total. The smallest absolute Gasteiger partial charge is 0.282 e. The van der Waals surface area contributed by atoms with Gasteiger partial charge >= 0.3 is 0 Å². The fourth-order valence-corrected chi connectivity index (χ4v) is 2.73. The Morgan fingerprint density at radius 2 is 1.68 bits per heavy atom. The molecule has 0 atom stereocenters. The fraction of sp³-hybridized carbons (Fsp3) is 0.0455. The molecular formula is C22H17N3O3. The Morgan fingerprint density at radius 3 is 2.46 bits per heavy atom. The predicted molar refractivity (Wildman–Crippen MR) is 108 cm³/mol. The average molecular weight is 371 g/mol. The van der Waals surface area contributed by atoms with Gasteiger partial charge in [-0.25, -0.2) is 4.98 Å². The van der Waals surface area contributed by atoms with Gasteiger partial charge in [0.2, 0.25) is 0 Å². The van der Waals surface area contributed by atoms with Gasteiger partial charge in [-0.15, -0.1) is 0 Å². The first-order valence-electron chi connectivity index (χ1n) is 8.72. The molecule has 0 saturated carbocycles. The zero-order chi connectivity index (χ0) is 19.3. The van der Waals surface area contributed by atoms with E-state index < -0.39 is 0 Å². The molecule has 6 nitrogen and oxygen atoms in total. The Balaban J connectivity index is 1.74. The molecule has 3 aromatic carbocycles. The van der Waals surface area contributed by atoms with Crippen LogP contribution in [0.4, 0.5) is 0 Å². The monoisotopic (exact) mass is 371 g/mol. The molecule has 0 spiro atoms. The molecule has 1 heterocycles. The first-order chi connectivity index (χ1) is 13.7. The standard InChI is InChI=1S/C22H17N3O3/c26-17-12-10-16(11-13-17)14-23-25-21(15-28-18-6-2-1-3-7-18)24-20-9-5-4-8-19(20)22(25)27/h1-14,26H,15H2/b23-14-. The molecule has 0 saturated heterocycles. The molecule has 0 fully saturated rings. The SMILES string of the molecule is O=c1c2ccccc2nc(COc2ccccc2)n1/N=C\c1ccc(O)cc1. The summed E-state index contributed by atoms with van der Waals surface area (Å²) in [5.74, 6) is 1.24. The maximum absolute atomic E-state index is 12.9. The molecule has 4 aromatic rings. The third-order valence-corrected chi connectivity index (χ3v) is 4.15. The van der Waals surface area contributed by atoms with E-state index in [1.54, 1.807) is 48.7 Å². The lowest BCUT2D eigenvalue weighted by Crippen LogP contribution is -2.23. The van der Waals surface area contributed by atoms with Gasteiger partial charge in [0.05, 0.1) is 17.1 Å². The van der Waals surface area contributed by atoms with Crippen molar-refractivity contribution in [3.05, 3.63) is 101 Å². The molecule has 0 unspecified atom stereocenters. The third kappa shape index (κ3) is 3.76.